The van der Waals surface area contributed by atoms with Crippen LogP contribution in [0.3, 0.4) is 0 Å². The molecule has 0 spiro atoms. The van der Waals surface area contributed by atoms with E-state index >= 15 is 0 Å². The average molecular weight is 314 g/mol. The van der Waals surface area contributed by atoms with Crippen LogP contribution in [0.2, 0.25) is 0 Å². The van der Waals surface area contributed by atoms with Gasteiger partial charge in [-0.1, -0.05) is 32.9 Å². The van der Waals surface area contributed by atoms with E-state index in [1.807, 2.05) is 20.8 Å². The fourth-order valence-electron chi connectivity index (χ4n) is 2.23. The summed E-state index contributed by atoms with van der Waals surface area (Å²) in [5, 5.41) is 8.97. The zero-order valence-electron chi connectivity index (χ0n) is 12.5. The lowest BCUT2D eigenvalue weighted by Crippen LogP contribution is -2.40. The highest BCUT2D eigenvalue weighted by Crippen LogP contribution is 2.39. The van der Waals surface area contributed by atoms with Crippen LogP contribution in [0.5, 0.6) is 5.75 Å². The van der Waals surface area contributed by atoms with Crippen LogP contribution >= 0.6 is 0 Å². The predicted molar refractivity (Wildman–Crippen MR) is 75.8 cm³/mol. The summed E-state index contributed by atoms with van der Waals surface area (Å²) in [7, 11) is 0. The van der Waals surface area contributed by atoms with Gasteiger partial charge in [0, 0.05) is 5.56 Å². The number of aliphatic carboxylic acids is 1. The molecule has 1 aromatic rings. The minimum absolute atomic E-state index is 0.0614. The normalized spacial score (nSPS) is 18.3. The van der Waals surface area contributed by atoms with Crippen molar-refractivity contribution in [2.24, 2.45) is 0 Å². The third kappa shape index (κ3) is 2.96. The van der Waals surface area contributed by atoms with Gasteiger partial charge in [0.25, 0.3) is 0 Å². The van der Waals surface area contributed by atoms with E-state index in [0.29, 0.717) is 5.56 Å². The number of carboxylic acids is 1. The maximum absolute atomic E-state index is 13.0. The summed E-state index contributed by atoms with van der Waals surface area (Å²) in [4.78, 5) is 11.0. The first kappa shape index (κ1) is 16.4. The first-order valence-corrected chi connectivity index (χ1v) is 6.89. The van der Waals surface area contributed by atoms with E-state index in [2.05, 4.69) is 0 Å². The van der Waals surface area contributed by atoms with Crippen molar-refractivity contribution in [1.29, 1.82) is 0 Å². The topological polar surface area (TPSA) is 46.5 Å². The van der Waals surface area contributed by atoms with E-state index in [1.54, 1.807) is 18.2 Å². The molecular weight excluding hydrogens is 297 g/mol. The summed E-state index contributed by atoms with van der Waals surface area (Å²) in [5.74, 6) is -1.57. The Morgan fingerprint density at radius 2 is 1.95 bits per heavy atom. The molecule has 3 nitrogen and oxygen atoms in total. The first-order chi connectivity index (χ1) is 10.1. The van der Waals surface area contributed by atoms with Gasteiger partial charge in [-0.25, -0.2) is 4.79 Å². The molecule has 1 aliphatic heterocycles. The Balaban J connectivity index is 2.52. The maximum Gasteiger partial charge on any atom is 0.430 e. The standard InChI is InChI=1S/C16H17F3O3/c1-4-15(2,3)10-6-5-9-7-11(14(20)21)13(16(17,18)19)22-12(9)8-10/h5-8,13H,4H2,1-3H3,(H,20,21). The molecule has 22 heavy (non-hydrogen) atoms. The second kappa shape index (κ2) is 5.34. The van der Waals surface area contributed by atoms with Gasteiger partial charge in [-0.3, -0.25) is 0 Å². The molecule has 1 aromatic carbocycles. The third-order valence-corrected chi connectivity index (χ3v) is 4.06. The summed E-state index contributed by atoms with van der Waals surface area (Å²) in [5.41, 5.74) is 0.182. The summed E-state index contributed by atoms with van der Waals surface area (Å²) < 4.78 is 44.0. The van der Waals surface area contributed by atoms with Crippen molar-refractivity contribution in [1.82, 2.24) is 0 Å². The SMILES string of the molecule is CCC(C)(C)c1ccc2c(c1)OC(C(F)(F)F)C(C(=O)O)=C2. The molecule has 1 atom stereocenters. The number of ether oxygens (including phenoxy) is 1. The van der Waals surface area contributed by atoms with Crippen LogP contribution in [0.1, 0.15) is 38.3 Å². The van der Waals surface area contributed by atoms with Crippen molar-refractivity contribution in [3.8, 4) is 5.75 Å². The number of rotatable bonds is 3. The molecule has 120 valence electrons. The molecule has 1 heterocycles. The van der Waals surface area contributed by atoms with Crippen LogP contribution < -0.4 is 4.74 Å². The van der Waals surface area contributed by atoms with Crippen molar-refractivity contribution < 1.29 is 27.8 Å². The largest absolute Gasteiger partial charge is 0.478 e. The van der Waals surface area contributed by atoms with Gasteiger partial charge in [-0.2, -0.15) is 13.2 Å². The van der Waals surface area contributed by atoms with E-state index in [-0.39, 0.29) is 11.2 Å². The van der Waals surface area contributed by atoms with Crippen LogP contribution in [0.4, 0.5) is 13.2 Å². The van der Waals surface area contributed by atoms with E-state index < -0.39 is 23.8 Å². The van der Waals surface area contributed by atoms with E-state index in [0.717, 1.165) is 18.1 Å². The summed E-state index contributed by atoms with van der Waals surface area (Å²) in [6, 6.07) is 4.94. The lowest BCUT2D eigenvalue weighted by Gasteiger charge is -2.29. The zero-order valence-corrected chi connectivity index (χ0v) is 12.5. The number of hydrogen-bond acceptors (Lipinski definition) is 2. The molecular formula is C16H17F3O3. The molecule has 0 aliphatic carbocycles. The van der Waals surface area contributed by atoms with Crippen molar-refractivity contribution >= 4 is 12.0 Å². The van der Waals surface area contributed by atoms with Crippen molar-refractivity contribution in [2.45, 2.75) is 44.9 Å². The van der Waals surface area contributed by atoms with Crippen molar-refractivity contribution in [2.75, 3.05) is 0 Å². The van der Waals surface area contributed by atoms with Crippen molar-refractivity contribution in [3.05, 3.63) is 34.9 Å². The van der Waals surface area contributed by atoms with Gasteiger partial charge in [-0.15, -0.1) is 0 Å². The van der Waals surface area contributed by atoms with E-state index in [1.165, 1.54) is 0 Å². The molecule has 2 rings (SSSR count). The maximum atomic E-state index is 13.0. The van der Waals surface area contributed by atoms with E-state index in [4.69, 9.17) is 9.84 Å². The van der Waals surface area contributed by atoms with Gasteiger partial charge in [0.1, 0.15) is 5.75 Å². The molecule has 0 aromatic heterocycles. The Hall–Kier alpha value is -1.98. The second-order valence-electron chi connectivity index (χ2n) is 5.93. The molecule has 1 unspecified atom stereocenters. The number of fused-ring (bicyclic) bond motifs is 1. The van der Waals surface area contributed by atoms with Crippen LogP contribution in [-0.4, -0.2) is 23.4 Å². The predicted octanol–water partition coefficient (Wildman–Crippen LogP) is 4.17. The number of carbonyl (C=O) groups is 1. The van der Waals surface area contributed by atoms with Crippen LogP contribution in [-0.2, 0) is 10.2 Å². The third-order valence-electron chi connectivity index (χ3n) is 4.06. The number of hydrogen-bond donors (Lipinski definition) is 1. The fourth-order valence-corrected chi connectivity index (χ4v) is 2.23. The van der Waals surface area contributed by atoms with Crippen LogP contribution in [0, 0.1) is 0 Å². The molecule has 6 heteroatoms. The molecule has 1 N–H and O–H groups in total. The molecule has 0 radical (unpaired) electrons. The number of carboxylic acid groups (broad SMARTS) is 1. The van der Waals surface area contributed by atoms with Crippen LogP contribution in [0.25, 0.3) is 6.08 Å². The second-order valence-corrected chi connectivity index (χ2v) is 5.93. The number of benzene rings is 1. The Morgan fingerprint density at radius 3 is 2.45 bits per heavy atom. The highest BCUT2D eigenvalue weighted by Gasteiger charge is 2.48. The van der Waals surface area contributed by atoms with Gasteiger partial charge < -0.3 is 9.84 Å². The van der Waals surface area contributed by atoms with Crippen LogP contribution in [0.15, 0.2) is 23.8 Å². The van der Waals surface area contributed by atoms with Gasteiger partial charge in [0.2, 0.25) is 6.10 Å². The highest BCUT2D eigenvalue weighted by atomic mass is 19.4. The Labute approximate surface area is 126 Å². The average Bonchev–Trinajstić information content (AvgIpc) is 2.44. The molecule has 0 saturated heterocycles. The van der Waals surface area contributed by atoms with Gasteiger partial charge in [-0.05, 0) is 29.5 Å². The lowest BCUT2D eigenvalue weighted by atomic mass is 9.81. The highest BCUT2D eigenvalue weighted by molar-refractivity contribution is 5.95. The molecule has 1 aliphatic rings. The number of halogens is 3. The molecule has 0 amide bonds. The smallest absolute Gasteiger partial charge is 0.430 e. The minimum atomic E-state index is -4.78. The summed E-state index contributed by atoms with van der Waals surface area (Å²) in [6.45, 7) is 5.95. The van der Waals surface area contributed by atoms with Gasteiger partial charge >= 0.3 is 12.1 Å². The zero-order chi connectivity index (χ0) is 16.7. The fraction of sp³-hybridized carbons (Fsp3) is 0.438. The molecule has 0 bridgehead atoms. The summed E-state index contributed by atoms with van der Waals surface area (Å²) in [6.07, 6.45) is -5.39. The lowest BCUT2D eigenvalue weighted by molar-refractivity contribution is -0.187. The monoisotopic (exact) mass is 314 g/mol. The Bertz CT molecular complexity index is 630. The Morgan fingerprint density at radius 1 is 1.32 bits per heavy atom. The number of alkyl halides is 3. The first-order valence-electron chi connectivity index (χ1n) is 6.89. The molecule has 0 saturated carbocycles. The van der Waals surface area contributed by atoms with Crippen molar-refractivity contribution in [3.63, 3.8) is 0 Å². The minimum Gasteiger partial charge on any atom is -0.478 e. The van der Waals surface area contributed by atoms with Gasteiger partial charge in [0.15, 0.2) is 0 Å². The quantitative estimate of drug-likeness (QED) is 0.911. The summed E-state index contributed by atoms with van der Waals surface area (Å²) >= 11 is 0. The Kier molecular flexibility index (Phi) is 3.98. The molecule has 0 fully saturated rings. The van der Waals surface area contributed by atoms with E-state index in [9.17, 15) is 18.0 Å². The van der Waals surface area contributed by atoms with Gasteiger partial charge in [0.05, 0.1) is 5.57 Å².